The molecule has 0 bridgehead atoms. The summed E-state index contributed by atoms with van der Waals surface area (Å²) in [5.74, 6) is -0.724. The summed E-state index contributed by atoms with van der Waals surface area (Å²) in [6, 6.07) is -1.53. The molecule has 94 valence electrons. The SMILES string of the molecule is CSCC[C@H](N)C(=O)OC(=O)[C@@H](N)C(C)C. The van der Waals surface area contributed by atoms with Gasteiger partial charge in [-0.25, -0.2) is 9.59 Å². The Kier molecular flexibility index (Phi) is 7.36. The van der Waals surface area contributed by atoms with Gasteiger partial charge in [0.2, 0.25) is 0 Å². The third-order valence-corrected chi connectivity index (χ3v) is 2.77. The Labute approximate surface area is 100 Å². The number of carbonyl (C=O) groups excluding carboxylic acids is 2. The van der Waals surface area contributed by atoms with Crippen LogP contribution in [-0.2, 0) is 14.3 Å². The molecule has 6 heteroatoms. The van der Waals surface area contributed by atoms with Gasteiger partial charge < -0.3 is 16.2 Å². The number of rotatable bonds is 6. The van der Waals surface area contributed by atoms with E-state index in [4.69, 9.17) is 11.5 Å². The number of thioether (sulfide) groups is 1. The molecular weight excluding hydrogens is 228 g/mol. The van der Waals surface area contributed by atoms with Crippen molar-refractivity contribution in [3.8, 4) is 0 Å². The fourth-order valence-electron chi connectivity index (χ4n) is 0.878. The van der Waals surface area contributed by atoms with E-state index in [0.717, 1.165) is 5.75 Å². The fraction of sp³-hybridized carbons (Fsp3) is 0.800. The molecule has 0 radical (unpaired) electrons. The predicted molar refractivity (Wildman–Crippen MR) is 64.9 cm³/mol. The normalized spacial score (nSPS) is 14.6. The van der Waals surface area contributed by atoms with Gasteiger partial charge in [-0.15, -0.1) is 0 Å². The first kappa shape index (κ1) is 15.4. The van der Waals surface area contributed by atoms with Gasteiger partial charge in [0, 0.05) is 0 Å². The van der Waals surface area contributed by atoms with Gasteiger partial charge in [-0.1, -0.05) is 13.8 Å². The van der Waals surface area contributed by atoms with Crippen molar-refractivity contribution < 1.29 is 14.3 Å². The van der Waals surface area contributed by atoms with Crippen molar-refractivity contribution in [2.24, 2.45) is 17.4 Å². The van der Waals surface area contributed by atoms with E-state index in [9.17, 15) is 9.59 Å². The molecule has 0 aromatic carbocycles. The van der Waals surface area contributed by atoms with E-state index in [0.29, 0.717) is 6.42 Å². The summed E-state index contributed by atoms with van der Waals surface area (Å²) in [6.07, 6.45) is 2.40. The van der Waals surface area contributed by atoms with Gasteiger partial charge in [-0.05, 0) is 24.3 Å². The summed E-state index contributed by atoms with van der Waals surface area (Å²) in [5.41, 5.74) is 11.1. The Balaban J connectivity index is 4.08. The van der Waals surface area contributed by atoms with Crippen LogP contribution in [0, 0.1) is 5.92 Å². The molecule has 0 rings (SSSR count). The van der Waals surface area contributed by atoms with E-state index >= 15 is 0 Å². The number of nitrogens with two attached hydrogens (primary N) is 2. The van der Waals surface area contributed by atoms with E-state index in [1.54, 1.807) is 25.6 Å². The second-order valence-corrected chi connectivity index (χ2v) is 4.88. The highest BCUT2D eigenvalue weighted by Crippen LogP contribution is 2.04. The molecule has 0 fully saturated rings. The Bertz CT molecular complexity index is 246. The quantitative estimate of drug-likeness (QED) is 0.512. The Morgan fingerprint density at radius 3 is 2.25 bits per heavy atom. The second kappa shape index (κ2) is 7.65. The van der Waals surface area contributed by atoms with E-state index < -0.39 is 24.0 Å². The molecule has 0 spiro atoms. The molecule has 4 N–H and O–H groups in total. The molecular formula is C10H20N2O3S. The smallest absolute Gasteiger partial charge is 0.330 e. The summed E-state index contributed by atoms with van der Waals surface area (Å²) >= 11 is 1.58. The van der Waals surface area contributed by atoms with Crippen LogP contribution in [0.5, 0.6) is 0 Å². The van der Waals surface area contributed by atoms with Crippen molar-refractivity contribution in [2.75, 3.05) is 12.0 Å². The maximum Gasteiger partial charge on any atom is 0.330 e. The van der Waals surface area contributed by atoms with Gasteiger partial charge >= 0.3 is 11.9 Å². The Morgan fingerprint density at radius 1 is 1.25 bits per heavy atom. The molecule has 0 aromatic rings. The fourth-order valence-corrected chi connectivity index (χ4v) is 1.37. The van der Waals surface area contributed by atoms with Crippen LogP contribution in [0.2, 0.25) is 0 Å². The number of esters is 2. The van der Waals surface area contributed by atoms with Crippen LogP contribution in [0.3, 0.4) is 0 Å². The molecule has 16 heavy (non-hydrogen) atoms. The van der Waals surface area contributed by atoms with Gasteiger partial charge in [0.05, 0.1) is 0 Å². The van der Waals surface area contributed by atoms with Gasteiger partial charge in [-0.3, -0.25) is 0 Å². The van der Waals surface area contributed by atoms with Gasteiger partial charge in [0.1, 0.15) is 12.1 Å². The largest absolute Gasteiger partial charge is 0.391 e. The second-order valence-electron chi connectivity index (χ2n) is 3.90. The number of hydrogen-bond donors (Lipinski definition) is 2. The first-order valence-corrected chi connectivity index (χ1v) is 6.55. The van der Waals surface area contributed by atoms with E-state index in [1.807, 2.05) is 6.26 Å². The minimum atomic E-state index is -0.781. The molecule has 5 nitrogen and oxygen atoms in total. The lowest BCUT2D eigenvalue weighted by atomic mass is 10.1. The minimum Gasteiger partial charge on any atom is -0.391 e. The topological polar surface area (TPSA) is 95.4 Å². The third kappa shape index (κ3) is 5.48. The van der Waals surface area contributed by atoms with E-state index in [2.05, 4.69) is 4.74 Å². The molecule has 2 atom stereocenters. The van der Waals surface area contributed by atoms with E-state index in [1.165, 1.54) is 0 Å². The first-order chi connectivity index (χ1) is 7.40. The summed E-state index contributed by atoms with van der Waals surface area (Å²) in [4.78, 5) is 22.7. The average molecular weight is 248 g/mol. The van der Waals surface area contributed by atoms with Crippen molar-refractivity contribution >= 4 is 23.7 Å². The molecule has 0 amide bonds. The monoisotopic (exact) mass is 248 g/mol. The highest BCUT2D eigenvalue weighted by Gasteiger charge is 2.24. The Morgan fingerprint density at radius 2 is 1.81 bits per heavy atom. The maximum atomic E-state index is 11.4. The molecule has 0 aliphatic carbocycles. The van der Waals surface area contributed by atoms with Gasteiger partial charge in [0.15, 0.2) is 0 Å². The zero-order valence-electron chi connectivity index (χ0n) is 9.93. The molecule has 0 aliphatic heterocycles. The van der Waals surface area contributed by atoms with Crippen molar-refractivity contribution in [1.29, 1.82) is 0 Å². The van der Waals surface area contributed by atoms with Crippen LogP contribution in [0.15, 0.2) is 0 Å². The molecule has 0 unspecified atom stereocenters. The van der Waals surface area contributed by atoms with Gasteiger partial charge in [-0.2, -0.15) is 11.8 Å². The average Bonchev–Trinajstić information content (AvgIpc) is 2.24. The lowest BCUT2D eigenvalue weighted by Gasteiger charge is -2.15. The van der Waals surface area contributed by atoms with Gasteiger partial charge in [0.25, 0.3) is 0 Å². The zero-order chi connectivity index (χ0) is 12.7. The third-order valence-electron chi connectivity index (χ3n) is 2.13. The number of carbonyl (C=O) groups is 2. The summed E-state index contributed by atoms with van der Waals surface area (Å²) in [6.45, 7) is 3.56. The first-order valence-electron chi connectivity index (χ1n) is 5.15. The predicted octanol–water partition coefficient (Wildman–Crippen LogP) is 0.120. The number of hydrogen-bond acceptors (Lipinski definition) is 6. The lowest BCUT2D eigenvalue weighted by Crippen LogP contribution is -2.42. The lowest BCUT2D eigenvalue weighted by molar-refractivity contribution is -0.162. The van der Waals surface area contributed by atoms with Crippen LogP contribution in [0.25, 0.3) is 0 Å². The van der Waals surface area contributed by atoms with Crippen LogP contribution in [0.4, 0.5) is 0 Å². The van der Waals surface area contributed by atoms with Crippen LogP contribution >= 0.6 is 11.8 Å². The zero-order valence-corrected chi connectivity index (χ0v) is 10.8. The molecule has 0 aromatic heterocycles. The minimum absolute atomic E-state index is 0.0669. The van der Waals surface area contributed by atoms with Crippen molar-refractivity contribution in [3.63, 3.8) is 0 Å². The summed E-state index contributed by atoms with van der Waals surface area (Å²) in [7, 11) is 0. The van der Waals surface area contributed by atoms with Crippen LogP contribution in [0.1, 0.15) is 20.3 Å². The molecule has 0 aliphatic rings. The summed E-state index contributed by atoms with van der Waals surface area (Å²) < 4.78 is 4.60. The molecule has 0 saturated heterocycles. The van der Waals surface area contributed by atoms with Crippen molar-refractivity contribution in [1.82, 2.24) is 0 Å². The standard InChI is InChI=1S/C10H20N2O3S/c1-6(2)8(12)10(14)15-9(13)7(11)4-5-16-3/h6-8H,4-5,11-12H2,1-3H3/t7-,8-/m0/s1. The van der Waals surface area contributed by atoms with Crippen molar-refractivity contribution in [2.45, 2.75) is 32.4 Å². The molecule has 0 heterocycles. The number of ether oxygens (including phenoxy) is 1. The maximum absolute atomic E-state index is 11.4. The Hall–Kier alpha value is -0.590. The van der Waals surface area contributed by atoms with Crippen molar-refractivity contribution in [3.05, 3.63) is 0 Å². The van der Waals surface area contributed by atoms with Crippen LogP contribution < -0.4 is 11.5 Å². The molecule has 0 saturated carbocycles. The highest BCUT2D eigenvalue weighted by atomic mass is 32.2. The summed E-state index contributed by atoms with van der Waals surface area (Å²) in [5, 5.41) is 0. The van der Waals surface area contributed by atoms with Crippen LogP contribution in [-0.4, -0.2) is 36.0 Å². The van der Waals surface area contributed by atoms with E-state index in [-0.39, 0.29) is 5.92 Å². The highest BCUT2D eigenvalue weighted by molar-refractivity contribution is 7.98.